The number of benzene rings is 1. The first-order valence-corrected chi connectivity index (χ1v) is 7.99. The Hall–Kier alpha value is -1.55. The number of amides is 1. The number of rotatable bonds is 2. The highest BCUT2D eigenvalue weighted by Crippen LogP contribution is 2.47. The maximum absolute atomic E-state index is 12.5. The van der Waals surface area contributed by atoms with Gasteiger partial charge < -0.3 is 9.64 Å². The van der Waals surface area contributed by atoms with Crippen molar-refractivity contribution < 1.29 is 9.53 Å². The predicted molar refractivity (Wildman–Crippen MR) is 79.9 cm³/mol. The van der Waals surface area contributed by atoms with Crippen LogP contribution in [0.3, 0.4) is 0 Å². The maximum Gasteiger partial charge on any atom is 0.224 e. The van der Waals surface area contributed by atoms with Crippen LogP contribution in [0.1, 0.15) is 44.1 Å². The molecule has 0 spiro atoms. The monoisotopic (exact) mass is 286 g/mol. The van der Waals surface area contributed by atoms with Gasteiger partial charge in [-0.2, -0.15) is 0 Å². The zero-order chi connectivity index (χ0) is 14.4. The molecule has 1 amide bonds. The standard InChI is InChI=1S/C17H22N2O2/c1-21-13-8-6-12(7-9-13)17-11-10-16(20)19(17)15-5-3-2-4-14(15)18-17/h6-9,14-15,18H,2-5,10-11H2,1H3/t14-,15+,17+/m1/s1. The second-order valence-corrected chi connectivity index (χ2v) is 6.46. The van der Waals surface area contributed by atoms with Gasteiger partial charge >= 0.3 is 0 Å². The second kappa shape index (κ2) is 4.73. The Labute approximate surface area is 125 Å². The van der Waals surface area contributed by atoms with E-state index >= 15 is 0 Å². The Bertz CT molecular complexity index is 556. The predicted octanol–water partition coefficient (Wildman–Crippen LogP) is 2.38. The van der Waals surface area contributed by atoms with Crippen LogP contribution in [0, 0.1) is 0 Å². The number of carbonyl (C=O) groups is 1. The van der Waals surface area contributed by atoms with E-state index in [0.717, 1.165) is 18.6 Å². The fourth-order valence-corrected chi connectivity index (χ4v) is 4.48. The molecule has 3 atom stereocenters. The second-order valence-electron chi connectivity index (χ2n) is 6.46. The van der Waals surface area contributed by atoms with Gasteiger partial charge in [-0.25, -0.2) is 0 Å². The Morgan fingerprint density at radius 2 is 2.00 bits per heavy atom. The Kier molecular flexibility index (Phi) is 2.96. The van der Waals surface area contributed by atoms with Crippen molar-refractivity contribution in [3.8, 4) is 5.75 Å². The minimum atomic E-state index is -0.275. The van der Waals surface area contributed by atoms with Gasteiger partial charge in [-0.15, -0.1) is 0 Å². The van der Waals surface area contributed by atoms with E-state index < -0.39 is 0 Å². The molecule has 3 fully saturated rings. The number of nitrogens with one attached hydrogen (secondary N) is 1. The number of carbonyl (C=O) groups excluding carboxylic acids is 1. The average molecular weight is 286 g/mol. The molecule has 2 saturated heterocycles. The van der Waals surface area contributed by atoms with Crippen molar-refractivity contribution in [1.82, 2.24) is 10.2 Å². The summed E-state index contributed by atoms with van der Waals surface area (Å²) in [7, 11) is 1.68. The fourth-order valence-electron chi connectivity index (χ4n) is 4.48. The van der Waals surface area contributed by atoms with Crippen molar-refractivity contribution in [3.05, 3.63) is 29.8 Å². The topological polar surface area (TPSA) is 41.6 Å². The largest absolute Gasteiger partial charge is 0.497 e. The first-order chi connectivity index (χ1) is 10.2. The molecule has 3 aliphatic rings. The van der Waals surface area contributed by atoms with Crippen molar-refractivity contribution in [3.63, 3.8) is 0 Å². The van der Waals surface area contributed by atoms with Crippen molar-refractivity contribution in [2.45, 2.75) is 56.3 Å². The van der Waals surface area contributed by atoms with E-state index in [1.807, 2.05) is 12.1 Å². The van der Waals surface area contributed by atoms with Gasteiger partial charge in [0, 0.05) is 18.5 Å². The van der Waals surface area contributed by atoms with E-state index in [2.05, 4.69) is 22.3 Å². The normalized spacial score (nSPS) is 34.7. The zero-order valence-electron chi connectivity index (χ0n) is 12.5. The maximum atomic E-state index is 12.5. The number of methoxy groups -OCH3 is 1. The lowest BCUT2D eigenvalue weighted by molar-refractivity contribution is -0.132. The molecule has 0 aromatic heterocycles. The number of fused-ring (bicyclic) bond motifs is 3. The third-order valence-electron chi connectivity index (χ3n) is 5.43. The molecule has 4 heteroatoms. The first kappa shape index (κ1) is 13.1. The SMILES string of the molecule is COc1ccc([C@]23CCC(=O)N2[C@H]2CCCC[C@H]2N3)cc1. The quantitative estimate of drug-likeness (QED) is 0.907. The highest BCUT2D eigenvalue weighted by molar-refractivity contribution is 5.81. The first-order valence-electron chi connectivity index (χ1n) is 7.99. The summed E-state index contributed by atoms with van der Waals surface area (Å²) in [5.41, 5.74) is 0.923. The van der Waals surface area contributed by atoms with Crippen molar-refractivity contribution in [2.75, 3.05) is 7.11 Å². The summed E-state index contributed by atoms with van der Waals surface area (Å²) < 4.78 is 5.26. The molecule has 1 saturated carbocycles. The highest BCUT2D eigenvalue weighted by atomic mass is 16.5. The molecular formula is C17H22N2O2. The molecule has 1 aromatic carbocycles. The van der Waals surface area contributed by atoms with Crippen LogP contribution in [0.5, 0.6) is 5.75 Å². The van der Waals surface area contributed by atoms with Crippen molar-refractivity contribution >= 4 is 5.91 Å². The molecule has 4 nitrogen and oxygen atoms in total. The molecule has 1 aromatic rings. The van der Waals surface area contributed by atoms with E-state index in [4.69, 9.17) is 4.74 Å². The summed E-state index contributed by atoms with van der Waals surface area (Å²) in [6, 6.07) is 9.05. The number of hydrogen-bond donors (Lipinski definition) is 1. The zero-order valence-corrected chi connectivity index (χ0v) is 12.5. The molecule has 2 aliphatic heterocycles. The van der Waals surface area contributed by atoms with Gasteiger partial charge in [-0.3, -0.25) is 10.1 Å². The van der Waals surface area contributed by atoms with Gasteiger partial charge in [0.25, 0.3) is 0 Å². The van der Waals surface area contributed by atoms with Crippen LogP contribution in [0.2, 0.25) is 0 Å². The van der Waals surface area contributed by atoms with Crippen LogP contribution >= 0.6 is 0 Å². The van der Waals surface area contributed by atoms with Crippen LogP contribution in [0.25, 0.3) is 0 Å². The van der Waals surface area contributed by atoms with Crippen molar-refractivity contribution in [2.24, 2.45) is 0 Å². The van der Waals surface area contributed by atoms with Gasteiger partial charge in [-0.05, 0) is 37.0 Å². The van der Waals surface area contributed by atoms with Crippen LogP contribution in [0.15, 0.2) is 24.3 Å². The van der Waals surface area contributed by atoms with Gasteiger partial charge in [0.2, 0.25) is 5.91 Å². The number of nitrogens with zero attached hydrogens (tertiary/aromatic N) is 1. The third-order valence-corrected chi connectivity index (χ3v) is 5.43. The summed E-state index contributed by atoms with van der Waals surface area (Å²) in [5, 5.41) is 3.82. The molecule has 4 rings (SSSR count). The molecule has 0 radical (unpaired) electrons. The number of hydrogen-bond acceptors (Lipinski definition) is 3. The highest BCUT2D eigenvalue weighted by Gasteiger charge is 2.57. The van der Waals surface area contributed by atoms with Gasteiger partial charge in [0.05, 0.1) is 7.11 Å². The van der Waals surface area contributed by atoms with E-state index in [0.29, 0.717) is 24.4 Å². The number of ether oxygens (including phenoxy) is 1. The Morgan fingerprint density at radius 3 is 2.76 bits per heavy atom. The van der Waals surface area contributed by atoms with Gasteiger partial charge in [-0.1, -0.05) is 25.0 Å². The smallest absolute Gasteiger partial charge is 0.224 e. The van der Waals surface area contributed by atoms with Gasteiger partial charge in [0.15, 0.2) is 0 Å². The van der Waals surface area contributed by atoms with Crippen LogP contribution < -0.4 is 10.1 Å². The van der Waals surface area contributed by atoms with E-state index in [1.54, 1.807) is 7.11 Å². The molecule has 112 valence electrons. The molecule has 21 heavy (non-hydrogen) atoms. The lowest BCUT2D eigenvalue weighted by atomic mass is 9.91. The summed E-state index contributed by atoms with van der Waals surface area (Å²) in [6.07, 6.45) is 6.38. The fraction of sp³-hybridized carbons (Fsp3) is 0.588. The lowest BCUT2D eigenvalue weighted by Crippen LogP contribution is -2.47. The van der Waals surface area contributed by atoms with Crippen LogP contribution in [-0.2, 0) is 10.5 Å². The third kappa shape index (κ3) is 1.81. The minimum Gasteiger partial charge on any atom is -0.497 e. The molecule has 0 unspecified atom stereocenters. The lowest BCUT2D eigenvalue weighted by Gasteiger charge is -2.35. The van der Waals surface area contributed by atoms with E-state index in [-0.39, 0.29) is 5.66 Å². The summed E-state index contributed by atoms with van der Waals surface area (Å²) in [4.78, 5) is 14.6. The Balaban J connectivity index is 1.74. The minimum absolute atomic E-state index is 0.275. The average Bonchev–Trinajstić information content (AvgIpc) is 3.03. The van der Waals surface area contributed by atoms with Gasteiger partial charge in [0.1, 0.15) is 11.4 Å². The molecule has 1 aliphatic carbocycles. The summed E-state index contributed by atoms with van der Waals surface area (Å²) in [6.45, 7) is 0. The van der Waals surface area contributed by atoms with Crippen LogP contribution in [0.4, 0.5) is 0 Å². The molecule has 2 heterocycles. The van der Waals surface area contributed by atoms with Crippen molar-refractivity contribution in [1.29, 1.82) is 0 Å². The Morgan fingerprint density at radius 1 is 1.24 bits per heavy atom. The summed E-state index contributed by atoms with van der Waals surface area (Å²) in [5.74, 6) is 1.18. The van der Waals surface area contributed by atoms with Crippen LogP contribution in [-0.4, -0.2) is 30.0 Å². The molecule has 1 N–H and O–H groups in total. The van der Waals surface area contributed by atoms with E-state index in [1.165, 1.54) is 24.8 Å². The molecular weight excluding hydrogens is 264 g/mol. The molecule has 0 bridgehead atoms. The van der Waals surface area contributed by atoms with E-state index in [9.17, 15) is 4.79 Å². The summed E-state index contributed by atoms with van der Waals surface area (Å²) >= 11 is 0.